The van der Waals surface area contributed by atoms with Crippen LogP contribution in [0, 0.1) is 0 Å². The Morgan fingerprint density at radius 2 is 1.73 bits per heavy atom. The fraction of sp³-hybridized carbons (Fsp3) is 0. The molecule has 0 saturated heterocycles. The Kier molecular flexibility index (Phi) is 5.39. The van der Waals surface area contributed by atoms with Crippen LogP contribution in [0.5, 0.6) is 0 Å². The summed E-state index contributed by atoms with van der Waals surface area (Å²) in [7, 11) is -3.89. The Labute approximate surface area is 178 Å². The second kappa shape index (κ2) is 8.14. The van der Waals surface area contributed by atoms with E-state index >= 15 is 0 Å². The van der Waals surface area contributed by atoms with Gasteiger partial charge in [0.25, 0.3) is 15.9 Å². The lowest BCUT2D eigenvalue weighted by molar-refractivity contribution is 0.102. The van der Waals surface area contributed by atoms with E-state index in [-0.39, 0.29) is 15.5 Å². The molecule has 0 unspecified atom stereocenters. The molecule has 4 aromatic rings. The number of carbonyl (C=O) groups is 1. The Morgan fingerprint density at radius 1 is 0.933 bits per heavy atom. The largest absolute Gasteiger partial charge is 0.321 e. The van der Waals surface area contributed by atoms with E-state index in [1.54, 1.807) is 48.8 Å². The lowest BCUT2D eigenvalue weighted by Crippen LogP contribution is -2.16. The molecule has 0 bridgehead atoms. The first-order valence-electron chi connectivity index (χ1n) is 8.95. The molecule has 0 spiro atoms. The monoisotopic (exact) mass is 437 g/mol. The zero-order valence-corrected chi connectivity index (χ0v) is 17.1. The van der Waals surface area contributed by atoms with Gasteiger partial charge in [-0.2, -0.15) is 0 Å². The van der Waals surface area contributed by atoms with Gasteiger partial charge >= 0.3 is 0 Å². The average molecular weight is 438 g/mol. The highest BCUT2D eigenvalue weighted by Gasteiger charge is 2.19. The van der Waals surface area contributed by atoms with E-state index < -0.39 is 15.9 Å². The van der Waals surface area contributed by atoms with Crippen molar-refractivity contribution >= 4 is 49.7 Å². The number of nitrogens with zero attached hydrogens (tertiary/aromatic N) is 1. The SMILES string of the molecule is O=C(Nc1cccc2ccncc12)c1cc(S(=O)(=O)Nc2ccccc2)ccc1Cl. The zero-order valence-electron chi connectivity index (χ0n) is 15.5. The minimum atomic E-state index is -3.89. The van der Waals surface area contributed by atoms with Gasteiger partial charge in [-0.25, -0.2) is 8.42 Å². The fourth-order valence-corrected chi connectivity index (χ4v) is 4.27. The molecule has 0 aliphatic heterocycles. The van der Waals surface area contributed by atoms with Crippen molar-refractivity contribution in [3.05, 3.63) is 95.8 Å². The number of carbonyl (C=O) groups excluding carboxylic acids is 1. The van der Waals surface area contributed by atoms with E-state index in [4.69, 9.17) is 11.6 Å². The lowest BCUT2D eigenvalue weighted by Gasteiger charge is -2.12. The van der Waals surface area contributed by atoms with E-state index in [2.05, 4.69) is 15.0 Å². The van der Waals surface area contributed by atoms with Crippen molar-refractivity contribution in [3.8, 4) is 0 Å². The second-order valence-electron chi connectivity index (χ2n) is 6.47. The first-order valence-corrected chi connectivity index (χ1v) is 10.8. The summed E-state index contributed by atoms with van der Waals surface area (Å²) in [6, 6.07) is 19.8. The summed E-state index contributed by atoms with van der Waals surface area (Å²) >= 11 is 6.20. The molecule has 0 aliphatic carbocycles. The summed E-state index contributed by atoms with van der Waals surface area (Å²) in [5.41, 5.74) is 1.02. The molecule has 0 atom stereocenters. The molecule has 8 heteroatoms. The summed E-state index contributed by atoms with van der Waals surface area (Å²) in [6.45, 7) is 0. The van der Waals surface area contributed by atoms with Crippen LogP contribution in [0.1, 0.15) is 10.4 Å². The Bertz CT molecular complexity index is 1340. The summed E-state index contributed by atoms with van der Waals surface area (Å²) in [5.74, 6) is -0.520. The van der Waals surface area contributed by atoms with Gasteiger partial charge in [0.1, 0.15) is 0 Å². The van der Waals surface area contributed by atoms with E-state index in [1.807, 2.05) is 18.2 Å². The van der Waals surface area contributed by atoms with Crippen molar-refractivity contribution in [3.63, 3.8) is 0 Å². The molecule has 1 heterocycles. The number of para-hydroxylation sites is 1. The number of halogens is 1. The van der Waals surface area contributed by atoms with Gasteiger partial charge < -0.3 is 5.32 Å². The van der Waals surface area contributed by atoms with E-state index in [0.29, 0.717) is 11.4 Å². The van der Waals surface area contributed by atoms with Crippen LogP contribution < -0.4 is 10.0 Å². The van der Waals surface area contributed by atoms with Gasteiger partial charge in [0.15, 0.2) is 0 Å². The number of amides is 1. The minimum Gasteiger partial charge on any atom is -0.321 e. The van der Waals surface area contributed by atoms with Crippen LogP contribution in [-0.4, -0.2) is 19.3 Å². The quantitative estimate of drug-likeness (QED) is 0.462. The standard InChI is InChI=1S/C22H16ClN3O3S/c23-20-10-9-17(30(28,29)26-16-6-2-1-3-7-16)13-18(20)22(27)25-21-8-4-5-15-11-12-24-14-19(15)21/h1-14,26H,(H,25,27). The number of hydrogen-bond acceptors (Lipinski definition) is 4. The molecule has 4 rings (SSSR count). The number of aromatic nitrogens is 1. The number of benzene rings is 3. The maximum atomic E-state index is 12.9. The third kappa shape index (κ3) is 4.12. The van der Waals surface area contributed by atoms with Gasteiger partial charge in [0.05, 0.1) is 21.2 Å². The van der Waals surface area contributed by atoms with Gasteiger partial charge in [0, 0.05) is 23.5 Å². The molecule has 0 saturated carbocycles. The normalized spacial score (nSPS) is 11.2. The summed E-state index contributed by atoms with van der Waals surface area (Å²) in [4.78, 5) is 16.9. The number of rotatable bonds is 5. The third-order valence-corrected chi connectivity index (χ3v) is 6.16. The molecule has 0 fully saturated rings. The van der Waals surface area contributed by atoms with E-state index in [9.17, 15) is 13.2 Å². The topological polar surface area (TPSA) is 88.2 Å². The summed E-state index contributed by atoms with van der Waals surface area (Å²) < 4.78 is 27.9. The molecule has 6 nitrogen and oxygen atoms in total. The van der Waals surface area contributed by atoms with Gasteiger partial charge in [-0.05, 0) is 47.9 Å². The summed E-state index contributed by atoms with van der Waals surface area (Å²) in [6.07, 6.45) is 3.32. The Hall–Kier alpha value is -3.42. The van der Waals surface area contributed by atoms with Crippen molar-refractivity contribution in [2.75, 3.05) is 10.0 Å². The maximum Gasteiger partial charge on any atom is 0.261 e. The van der Waals surface area contributed by atoms with Gasteiger partial charge in [-0.3, -0.25) is 14.5 Å². The highest BCUT2D eigenvalue weighted by molar-refractivity contribution is 7.92. The number of sulfonamides is 1. The van der Waals surface area contributed by atoms with E-state index in [1.165, 1.54) is 18.2 Å². The van der Waals surface area contributed by atoms with Crippen LogP contribution >= 0.6 is 11.6 Å². The fourth-order valence-electron chi connectivity index (χ4n) is 2.98. The minimum absolute atomic E-state index is 0.0495. The molecule has 3 aromatic carbocycles. The van der Waals surface area contributed by atoms with Crippen molar-refractivity contribution < 1.29 is 13.2 Å². The predicted molar refractivity (Wildman–Crippen MR) is 118 cm³/mol. The number of hydrogen-bond donors (Lipinski definition) is 2. The van der Waals surface area contributed by atoms with Crippen LogP contribution in [-0.2, 0) is 10.0 Å². The van der Waals surface area contributed by atoms with Crippen molar-refractivity contribution in [1.82, 2.24) is 4.98 Å². The number of nitrogens with one attached hydrogen (secondary N) is 2. The van der Waals surface area contributed by atoms with Gasteiger partial charge in [-0.15, -0.1) is 0 Å². The summed E-state index contributed by atoms with van der Waals surface area (Å²) in [5, 5.41) is 4.61. The van der Waals surface area contributed by atoms with Crippen molar-refractivity contribution in [1.29, 1.82) is 0 Å². The maximum absolute atomic E-state index is 12.9. The highest BCUT2D eigenvalue weighted by atomic mass is 35.5. The van der Waals surface area contributed by atoms with Gasteiger partial charge in [0.2, 0.25) is 0 Å². The number of anilines is 2. The molecule has 150 valence electrons. The molecular formula is C22H16ClN3O3S. The first-order chi connectivity index (χ1) is 14.4. The van der Waals surface area contributed by atoms with Crippen molar-refractivity contribution in [2.45, 2.75) is 4.90 Å². The van der Waals surface area contributed by atoms with Crippen LogP contribution in [0.25, 0.3) is 10.8 Å². The van der Waals surface area contributed by atoms with Crippen LogP contribution in [0.4, 0.5) is 11.4 Å². The van der Waals surface area contributed by atoms with Gasteiger partial charge in [-0.1, -0.05) is 41.9 Å². The predicted octanol–water partition coefficient (Wildman–Crippen LogP) is 4.94. The average Bonchev–Trinajstić information content (AvgIpc) is 2.74. The van der Waals surface area contributed by atoms with Crippen LogP contribution in [0.15, 0.2) is 90.1 Å². The lowest BCUT2D eigenvalue weighted by atomic mass is 10.1. The molecule has 0 aliphatic rings. The molecular weight excluding hydrogens is 422 g/mol. The molecule has 1 aromatic heterocycles. The Morgan fingerprint density at radius 3 is 2.53 bits per heavy atom. The molecule has 0 radical (unpaired) electrons. The number of fused-ring (bicyclic) bond motifs is 1. The van der Waals surface area contributed by atoms with Crippen LogP contribution in [0.3, 0.4) is 0 Å². The molecule has 1 amide bonds. The third-order valence-electron chi connectivity index (χ3n) is 4.45. The van der Waals surface area contributed by atoms with Crippen molar-refractivity contribution in [2.24, 2.45) is 0 Å². The smallest absolute Gasteiger partial charge is 0.261 e. The van der Waals surface area contributed by atoms with Crippen LogP contribution in [0.2, 0.25) is 5.02 Å². The zero-order chi connectivity index (χ0) is 21.1. The first kappa shape index (κ1) is 19.9. The number of pyridine rings is 1. The highest BCUT2D eigenvalue weighted by Crippen LogP contribution is 2.26. The molecule has 30 heavy (non-hydrogen) atoms. The Balaban J connectivity index is 1.65. The molecule has 2 N–H and O–H groups in total. The second-order valence-corrected chi connectivity index (χ2v) is 8.56. The van der Waals surface area contributed by atoms with E-state index in [0.717, 1.165) is 10.8 Å².